The first-order chi connectivity index (χ1) is 18.0. The molecule has 1 aromatic heterocycles. The van der Waals surface area contributed by atoms with E-state index in [2.05, 4.69) is 27.0 Å². The van der Waals surface area contributed by atoms with Crippen LogP contribution < -0.4 is 15.8 Å². The molecule has 3 aromatic rings. The average Bonchev–Trinajstić information content (AvgIpc) is 2.92. The number of likely N-dealkylation sites (tertiary alicyclic amines) is 1. The summed E-state index contributed by atoms with van der Waals surface area (Å²) in [4.78, 5) is 27.9. The predicted molar refractivity (Wildman–Crippen MR) is 137 cm³/mol. The molecule has 0 atom stereocenters. The molecule has 3 N–H and O–H groups in total. The molecule has 0 unspecified atom stereocenters. The molecular formula is C28H30FN5O3. The predicted octanol–water partition coefficient (Wildman–Crippen LogP) is 3.21. The van der Waals surface area contributed by atoms with Crippen LogP contribution >= 0.6 is 0 Å². The van der Waals surface area contributed by atoms with Gasteiger partial charge in [0.15, 0.2) is 0 Å². The number of halogens is 1. The zero-order valence-electron chi connectivity index (χ0n) is 20.5. The van der Waals surface area contributed by atoms with Gasteiger partial charge in [-0.3, -0.25) is 19.5 Å². The summed E-state index contributed by atoms with van der Waals surface area (Å²) in [6, 6.07) is 19.5. The fourth-order valence-corrected chi connectivity index (χ4v) is 3.96. The number of nitrogens with two attached hydrogens (primary N) is 1. The second-order valence-corrected chi connectivity index (χ2v) is 8.57. The normalized spacial score (nSPS) is 13.5. The largest absolute Gasteiger partial charge is 0.493 e. The number of nitriles is 1. The number of rotatable bonds is 8. The zero-order chi connectivity index (χ0) is 26.5. The van der Waals surface area contributed by atoms with Gasteiger partial charge >= 0.3 is 0 Å². The number of hydrogen-bond donors (Lipinski definition) is 2. The van der Waals surface area contributed by atoms with Crippen molar-refractivity contribution in [2.75, 3.05) is 19.7 Å². The van der Waals surface area contributed by atoms with Crippen molar-refractivity contribution in [2.45, 2.75) is 31.8 Å². The van der Waals surface area contributed by atoms with E-state index in [1.807, 2.05) is 30.3 Å². The van der Waals surface area contributed by atoms with Gasteiger partial charge < -0.3 is 15.8 Å². The first-order valence-corrected chi connectivity index (χ1v) is 12.0. The third-order valence-corrected chi connectivity index (χ3v) is 5.94. The molecule has 0 aliphatic carbocycles. The monoisotopic (exact) mass is 503 g/mol. The molecule has 192 valence electrons. The summed E-state index contributed by atoms with van der Waals surface area (Å²) >= 11 is 0. The number of nitrogens with one attached hydrogen (secondary N) is 1. The van der Waals surface area contributed by atoms with Crippen LogP contribution in [0.2, 0.25) is 0 Å². The minimum absolute atomic E-state index is 0.135. The smallest absolute Gasteiger partial charge is 0.270 e. The minimum atomic E-state index is -0.293. The van der Waals surface area contributed by atoms with Crippen molar-refractivity contribution in [3.63, 3.8) is 0 Å². The minimum Gasteiger partial charge on any atom is -0.493 e. The number of carbonyl (C=O) groups is 2. The molecule has 4 rings (SSSR count). The van der Waals surface area contributed by atoms with Crippen LogP contribution in [0.4, 0.5) is 4.39 Å². The molecule has 1 aliphatic heterocycles. The Kier molecular flexibility index (Phi) is 10.6. The van der Waals surface area contributed by atoms with Gasteiger partial charge in [-0.15, -0.1) is 0 Å². The molecule has 2 heterocycles. The Morgan fingerprint density at radius 3 is 2.35 bits per heavy atom. The number of benzene rings is 2. The van der Waals surface area contributed by atoms with Crippen LogP contribution in [0.25, 0.3) is 0 Å². The zero-order valence-corrected chi connectivity index (χ0v) is 20.5. The highest BCUT2D eigenvalue weighted by Crippen LogP contribution is 2.15. The Bertz CT molecular complexity index is 1170. The molecule has 2 amide bonds. The third kappa shape index (κ3) is 9.02. The SMILES string of the molecule is N#Cc1ccc(CN2CCC(NC(=O)c3ccc(CCOc4ccc(F)cc4)cn3)CC2)cc1.NC=O. The van der Waals surface area contributed by atoms with Gasteiger partial charge in [-0.1, -0.05) is 18.2 Å². The quantitative estimate of drug-likeness (QED) is 0.456. The van der Waals surface area contributed by atoms with Crippen molar-refractivity contribution >= 4 is 12.3 Å². The summed E-state index contributed by atoms with van der Waals surface area (Å²) in [5.41, 5.74) is 7.40. The molecule has 1 saturated heterocycles. The van der Waals surface area contributed by atoms with E-state index < -0.39 is 0 Å². The molecule has 2 aromatic carbocycles. The summed E-state index contributed by atoms with van der Waals surface area (Å²) in [5.74, 6) is 0.173. The molecule has 0 bridgehead atoms. The van der Waals surface area contributed by atoms with E-state index in [1.54, 1.807) is 24.4 Å². The average molecular weight is 504 g/mol. The summed E-state index contributed by atoms with van der Waals surface area (Å²) in [6.07, 6.45) is 4.37. The lowest BCUT2D eigenvalue weighted by Crippen LogP contribution is -2.44. The lowest BCUT2D eigenvalue weighted by atomic mass is 10.0. The van der Waals surface area contributed by atoms with Crippen molar-refractivity contribution in [2.24, 2.45) is 5.73 Å². The van der Waals surface area contributed by atoms with Crippen LogP contribution in [-0.4, -0.2) is 47.9 Å². The van der Waals surface area contributed by atoms with Crippen LogP contribution in [0.5, 0.6) is 5.75 Å². The molecule has 9 heteroatoms. The highest BCUT2D eigenvalue weighted by molar-refractivity contribution is 5.92. The van der Waals surface area contributed by atoms with E-state index in [0.29, 0.717) is 30.0 Å². The second-order valence-electron chi connectivity index (χ2n) is 8.57. The molecule has 0 radical (unpaired) electrons. The van der Waals surface area contributed by atoms with E-state index in [1.165, 1.54) is 17.7 Å². The lowest BCUT2D eigenvalue weighted by Gasteiger charge is -2.32. The van der Waals surface area contributed by atoms with Gasteiger partial charge in [-0.05, 0) is 66.4 Å². The molecule has 0 spiro atoms. The van der Waals surface area contributed by atoms with E-state index in [9.17, 15) is 9.18 Å². The maximum atomic E-state index is 12.9. The number of carbonyl (C=O) groups excluding carboxylic acids is 2. The van der Waals surface area contributed by atoms with Gasteiger partial charge in [0.2, 0.25) is 6.41 Å². The molecule has 1 aliphatic rings. The number of nitrogens with zero attached hydrogens (tertiary/aromatic N) is 3. The summed E-state index contributed by atoms with van der Waals surface area (Å²) in [5, 5.41) is 12.0. The van der Waals surface area contributed by atoms with E-state index in [0.717, 1.165) is 38.0 Å². The number of aromatic nitrogens is 1. The molecular weight excluding hydrogens is 473 g/mol. The number of pyridine rings is 1. The van der Waals surface area contributed by atoms with Crippen molar-refractivity contribution in [3.8, 4) is 11.8 Å². The molecule has 37 heavy (non-hydrogen) atoms. The fraction of sp³-hybridized carbons (Fsp3) is 0.286. The highest BCUT2D eigenvalue weighted by atomic mass is 19.1. The standard InChI is InChI=1S/C27H27FN4O2.CH3NO/c28-23-6-8-25(9-7-23)34-16-13-21-5-10-26(30-18-21)27(33)31-24-11-14-32(15-12-24)19-22-3-1-20(17-29)2-4-22;2-1-3/h1-10,18,24H,11-16,19H2,(H,31,33);1H,(H2,2,3). The van der Waals surface area contributed by atoms with Gasteiger partial charge in [-0.25, -0.2) is 4.39 Å². The molecule has 8 nitrogen and oxygen atoms in total. The first kappa shape index (κ1) is 27.3. The fourth-order valence-electron chi connectivity index (χ4n) is 3.96. The van der Waals surface area contributed by atoms with Gasteiger partial charge in [-0.2, -0.15) is 5.26 Å². The van der Waals surface area contributed by atoms with Crippen LogP contribution in [0, 0.1) is 17.1 Å². The van der Waals surface area contributed by atoms with Gasteiger partial charge in [0.25, 0.3) is 5.91 Å². The Labute approximate surface area is 215 Å². The topological polar surface area (TPSA) is 121 Å². The maximum absolute atomic E-state index is 12.9. The van der Waals surface area contributed by atoms with E-state index >= 15 is 0 Å². The third-order valence-electron chi connectivity index (χ3n) is 5.94. The number of amides is 2. The van der Waals surface area contributed by atoms with Gasteiger partial charge in [0.1, 0.15) is 17.3 Å². The Morgan fingerprint density at radius 2 is 1.76 bits per heavy atom. The lowest BCUT2D eigenvalue weighted by molar-refractivity contribution is -0.106. The Morgan fingerprint density at radius 1 is 1.11 bits per heavy atom. The number of piperidine rings is 1. The van der Waals surface area contributed by atoms with Crippen molar-refractivity contribution in [1.82, 2.24) is 15.2 Å². The van der Waals surface area contributed by atoms with Crippen molar-refractivity contribution in [3.05, 3.63) is 95.1 Å². The summed E-state index contributed by atoms with van der Waals surface area (Å²) < 4.78 is 18.5. The van der Waals surface area contributed by atoms with Gasteiger partial charge in [0, 0.05) is 38.3 Å². The number of primary amides is 1. The number of ether oxygens (including phenoxy) is 1. The summed E-state index contributed by atoms with van der Waals surface area (Å²) in [6.45, 7) is 3.11. The van der Waals surface area contributed by atoms with Gasteiger partial charge in [0.05, 0.1) is 18.2 Å². The van der Waals surface area contributed by atoms with E-state index in [-0.39, 0.29) is 24.2 Å². The van der Waals surface area contributed by atoms with Crippen molar-refractivity contribution < 1.29 is 18.7 Å². The van der Waals surface area contributed by atoms with E-state index in [4.69, 9.17) is 14.8 Å². The second kappa shape index (κ2) is 14.3. The van der Waals surface area contributed by atoms with Crippen LogP contribution in [0.1, 0.15) is 40.0 Å². The Balaban J connectivity index is 0.00000121. The Hall–Kier alpha value is -4.29. The highest BCUT2D eigenvalue weighted by Gasteiger charge is 2.21. The van der Waals surface area contributed by atoms with Crippen LogP contribution in [0.15, 0.2) is 66.9 Å². The molecule has 0 saturated carbocycles. The number of hydrogen-bond acceptors (Lipinski definition) is 6. The van der Waals surface area contributed by atoms with Crippen molar-refractivity contribution in [1.29, 1.82) is 5.26 Å². The van der Waals surface area contributed by atoms with Crippen LogP contribution in [0.3, 0.4) is 0 Å². The maximum Gasteiger partial charge on any atom is 0.270 e. The van der Waals surface area contributed by atoms with Crippen LogP contribution in [-0.2, 0) is 17.8 Å². The molecule has 1 fully saturated rings. The summed E-state index contributed by atoms with van der Waals surface area (Å²) in [7, 11) is 0. The first-order valence-electron chi connectivity index (χ1n) is 12.0.